The Morgan fingerprint density at radius 3 is 2.95 bits per heavy atom. The van der Waals surface area contributed by atoms with Crippen molar-refractivity contribution in [2.45, 2.75) is 18.6 Å². The van der Waals surface area contributed by atoms with Crippen molar-refractivity contribution in [2.75, 3.05) is 26.4 Å². The van der Waals surface area contributed by atoms with Gasteiger partial charge in [-0.05, 0) is 18.2 Å². The van der Waals surface area contributed by atoms with E-state index in [9.17, 15) is 13.2 Å². The Morgan fingerprint density at radius 1 is 1.40 bits per heavy atom. The molecule has 0 fully saturated rings. The predicted octanol–water partition coefficient (Wildman–Crippen LogP) is 3.44. The van der Waals surface area contributed by atoms with Crippen molar-refractivity contribution in [3.05, 3.63) is 28.2 Å². The van der Waals surface area contributed by atoms with E-state index in [4.69, 9.17) is 4.74 Å². The summed E-state index contributed by atoms with van der Waals surface area (Å²) in [6, 6.07) is 5.81. The number of halogens is 4. The summed E-state index contributed by atoms with van der Waals surface area (Å²) in [7, 11) is 0. The average molecular weight is 354 g/mol. The molecule has 112 valence electrons. The number of hydrogen-bond donors (Lipinski definition) is 1. The molecule has 0 amide bonds. The molecule has 1 heterocycles. The summed E-state index contributed by atoms with van der Waals surface area (Å²) in [5.74, 6) is 0.813. The molecule has 1 aromatic carbocycles. The van der Waals surface area contributed by atoms with Gasteiger partial charge in [-0.3, -0.25) is 0 Å². The molecule has 3 nitrogen and oxygen atoms in total. The van der Waals surface area contributed by atoms with Crippen molar-refractivity contribution in [2.24, 2.45) is 0 Å². The second kappa shape index (κ2) is 6.78. The fourth-order valence-corrected chi connectivity index (χ4v) is 2.45. The summed E-state index contributed by atoms with van der Waals surface area (Å²) in [6.45, 7) is -0.215. The summed E-state index contributed by atoms with van der Waals surface area (Å²) < 4.78 is 46.8. The number of nitrogens with one attached hydrogen (secondary N) is 1. The van der Waals surface area contributed by atoms with E-state index in [0.29, 0.717) is 13.2 Å². The van der Waals surface area contributed by atoms with E-state index in [0.717, 1.165) is 22.2 Å². The van der Waals surface area contributed by atoms with Crippen molar-refractivity contribution >= 4 is 15.9 Å². The molecular formula is C13H15BrF3NO2. The SMILES string of the molecule is FC(F)(F)COCCNC1CCOc2ccc(Br)cc21. The van der Waals surface area contributed by atoms with Crippen molar-refractivity contribution in [3.8, 4) is 5.75 Å². The zero-order valence-electron chi connectivity index (χ0n) is 10.7. The summed E-state index contributed by atoms with van der Waals surface area (Å²) in [5, 5.41) is 3.20. The van der Waals surface area contributed by atoms with Gasteiger partial charge in [0.1, 0.15) is 12.4 Å². The first kappa shape index (κ1) is 15.6. The van der Waals surface area contributed by atoms with Crippen LogP contribution in [0.1, 0.15) is 18.0 Å². The van der Waals surface area contributed by atoms with E-state index in [1.807, 2.05) is 18.2 Å². The second-order valence-corrected chi connectivity index (χ2v) is 5.41. The van der Waals surface area contributed by atoms with Gasteiger partial charge in [0.25, 0.3) is 0 Å². The van der Waals surface area contributed by atoms with Crippen molar-refractivity contribution < 1.29 is 22.6 Å². The standard InChI is InChI=1S/C13H15BrF3NO2/c14-9-1-2-12-10(7-9)11(3-5-20-12)18-4-6-19-8-13(15,16)17/h1-2,7,11,18H,3-6,8H2. The van der Waals surface area contributed by atoms with E-state index in [1.165, 1.54) is 0 Å². The molecule has 2 rings (SSSR count). The van der Waals surface area contributed by atoms with E-state index < -0.39 is 12.8 Å². The fraction of sp³-hybridized carbons (Fsp3) is 0.538. The summed E-state index contributed by atoms with van der Waals surface area (Å²) in [5.41, 5.74) is 1.02. The Bertz CT molecular complexity index is 454. The fourth-order valence-electron chi connectivity index (χ4n) is 2.07. The molecule has 1 atom stereocenters. The van der Waals surface area contributed by atoms with Crippen LogP contribution >= 0.6 is 15.9 Å². The van der Waals surface area contributed by atoms with Crippen LogP contribution < -0.4 is 10.1 Å². The monoisotopic (exact) mass is 353 g/mol. The first-order valence-corrected chi connectivity index (χ1v) is 7.05. The van der Waals surface area contributed by atoms with E-state index in [2.05, 4.69) is 26.0 Å². The highest BCUT2D eigenvalue weighted by molar-refractivity contribution is 9.10. The maximum atomic E-state index is 11.9. The maximum absolute atomic E-state index is 11.9. The number of fused-ring (bicyclic) bond motifs is 1. The van der Waals surface area contributed by atoms with Crippen molar-refractivity contribution in [1.29, 1.82) is 0 Å². The third kappa shape index (κ3) is 4.64. The van der Waals surface area contributed by atoms with Crippen LogP contribution in [-0.2, 0) is 4.74 Å². The molecule has 1 unspecified atom stereocenters. The van der Waals surface area contributed by atoms with E-state index in [-0.39, 0.29) is 12.6 Å². The van der Waals surface area contributed by atoms with Crippen LogP contribution in [0.15, 0.2) is 22.7 Å². The van der Waals surface area contributed by atoms with Crippen LogP contribution in [-0.4, -0.2) is 32.5 Å². The molecule has 0 radical (unpaired) electrons. The third-order valence-electron chi connectivity index (χ3n) is 2.91. The molecule has 0 bridgehead atoms. The Balaban J connectivity index is 1.82. The summed E-state index contributed by atoms with van der Waals surface area (Å²) >= 11 is 3.40. The third-order valence-corrected chi connectivity index (χ3v) is 3.41. The molecule has 1 aliphatic heterocycles. The number of ether oxygens (including phenoxy) is 2. The minimum Gasteiger partial charge on any atom is -0.493 e. The number of hydrogen-bond acceptors (Lipinski definition) is 3. The van der Waals surface area contributed by atoms with Gasteiger partial charge in [-0.1, -0.05) is 15.9 Å². The normalized spacial score (nSPS) is 18.5. The molecule has 20 heavy (non-hydrogen) atoms. The van der Waals surface area contributed by atoms with Gasteiger partial charge >= 0.3 is 6.18 Å². The van der Waals surface area contributed by atoms with Gasteiger partial charge in [-0.25, -0.2) is 0 Å². The number of alkyl halides is 3. The van der Waals surface area contributed by atoms with Gasteiger partial charge < -0.3 is 14.8 Å². The van der Waals surface area contributed by atoms with E-state index >= 15 is 0 Å². The Morgan fingerprint density at radius 2 is 2.20 bits per heavy atom. The summed E-state index contributed by atoms with van der Waals surface area (Å²) in [4.78, 5) is 0. The van der Waals surface area contributed by atoms with Crippen LogP contribution in [0.4, 0.5) is 13.2 Å². The average Bonchev–Trinajstić information content (AvgIpc) is 2.37. The minimum absolute atomic E-state index is 0.0280. The number of rotatable bonds is 5. The molecule has 0 aliphatic carbocycles. The molecular weight excluding hydrogens is 339 g/mol. The molecule has 7 heteroatoms. The molecule has 0 aromatic heterocycles. The smallest absolute Gasteiger partial charge is 0.411 e. The lowest BCUT2D eigenvalue weighted by molar-refractivity contribution is -0.173. The van der Waals surface area contributed by atoms with Crippen LogP contribution in [0.25, 0.3) is 0 Å². The van der Waals surface area contributed by atoms with E-state index in [1.54, 1.807) is 0 Å². The lowest BCUT2D eigenvalue weighted by atomic mass is 10.0. The Hall–Kier alpha value is -0.790. The quantitative estimate of drug-likeness (QED) is 0.822. The van der Waals surface area contributed by atoms with Gasteiger partial charge in [-0.2, -0.15) is 13.2 Å². The van der Waals surface area contributed by atoms with Gasteiger partial charge in [0.05, 0.1) is 13.2 Å². The first-order chi connectivity index (χ1) is 9.46. The van der Waals surface area contributed by atoms with Gasteiger partial charge in [0.15, 0.2) is 0 Å². The molecule has 1 N–H and O–H groups in total. The van der Waals surface area contributed by atoms with Gasteiger partial charge in [0, 0.05) is 29.0 Å². The molecule has 0 saturated carbocycles. The second-order valence-electron chi connectivity index (χ2n) is 4.49. The molecule has 1 aliphatic rings. The predicted molar refractivity (Wildman–Crippen MR) is 71.9 cm³/mol. The van der Waals surface area contributed by atoms with Gasteiger partial charge in [-0.15, -0.1) is 0 Å². The Labute approximate surface area is 123 Å². The lowest BCUT2D eigenvalue weighted by Gasteiger charge is -2.27. The zero-order valence-corrected chi connectivity index (χ0v) is 12.3. The first-order valence-electron chi connectivity index (χ1n) is 6.26. The van der Waals surface area contributed by atoms with Crippen LogP contribution in [0.3, 0.4) is 0 Å². The molecule has 0 spiro atoms. The maximum Gasteiger partial charge on any atom is 0.411 e. The van der Waals surface area contributed by atoms with Crippen LogP contribution in [0, 0.1) is 0 Å². The van der Waals surface area contributed by atoms with Crippen molar-refractivity contribution in [1.82, 2.24) is 5.32 Å². The van der Waals surface area contributed by atoms with Crippen LogP contribution in [0.2, 0.25) is 0 Å². The largest absolute Gasteiger partial charge is 0.493 e. The highest BCUT2D eigenvalue weighted by atomic mass is 79.9. The minimum atomic E-state index is -4.27. The molecule has 1 aromatic rings. The zero-order chi connectivity index (χ0) is 14.6. The molecule has 0 saturated heterocycles. The lowest BCUT2D eigenvalue weighted by Crippen LogP contribution is -2.30. The van der Waals surface area contributed by atoms with Gasteiger partial charge in [0.2, 0.25) is 0 Å². The number of benzene rings is 1. The highest BCUT2D eigenvalue weighted by Gasteiger charge is 2.27. The Kier molecular flexibility index (Phi) is 5.29. The topological polar surface area (TPSA) is 30.5 Å². The van der Waals surface area contributed by atoms with Crippen LogP contribution in [0.5, 0.6) is 5.75 Å². The highest BCUT2D eigenvalue weighted by Crippen LogP contribution is 2.33. The summed E-state index contributed by atoms with van der Waals surface area (Å²) in [6.07, 6.45) is -3.49. The van der Waals surface area contributed by atoms with Crippen molar-refractivity contribution in [3.63, 3.8) is 0 Å².